The average molecular weight is 488 g/mol. The largest absolute Gasteiger partial charge is 0.497 e. The van der Waals surface area contributed by atoms with Crippen LogP contribution >= 0.6 is 0 Å². The number of benzene rings is 2. The first kappa shape index (κ1) is 26.3. The summed E-state index contributed by atoms with van der Waals surface area (Å²) in [7, 11) is 1.53. The fraction of sp³-hybridized carbons (Fsp3) is 0.500. The predicted molar refractivity (Wildman–Crippen MR) is 135 cm³/mol. The lowest BCUT2D eigenvalue weighted by atomic mass is 10.0. The van der Waals surface area contributed by atoms with Crippen LogP contribution in [0.15, 0.2) is 41.3 Å². The van der Waals surface area contributed by atoms with Crippen molar-refractivity contribution in [3.63, 3.8) is 0 Å². The highest BCUT2D eigenvalue weighted by atomic mass is 32.2. The van der Waals surface area contributed by atoms with Crippen LogP contribution in [0.3, 0.4) is 0 Å². The molecule has 0 bridgehead atoms. The van der Waals surface area contributed by atoms with Gasteiger partial charge < -0.3 is 9.64 Å². The molecule has 2 aromatic carbocycles. The van der Waals surface area contributed by atoms with Crippen LogP contribution in [0.2, 0.25) is 0 Å². The summed E-state index contributed by atoms with van der Waals surface area (Å²) < 4.78 is 32.8. The predicted octanol–water partition coefficient (Wildman–Crippen LogP) is 2.88. The molecule has 0 saturated carbocycles. The highest BCUT2D eigenvalue weighted by Gasteiger charge is 2.26. The van der Waals surface area contributed by atoms with Crippen LogP contribution in [-0.2, 0) is 27.8 Å². The smallest absolute Gasteiger partial charge is 0.243 e. The molecule has 0 atom stereocenters. The molecule has 0 unspecified atom stereocenters. The van der Waals surface area contributed by atoms with Crippen LogP contribution in [0, 0.1) is 13.8 Å². The van der Waals surface area contributed by atoms with Crippen molar-refractivity contribution in [1.29, 1.82) is 0 Å². The van der Waals surface area contributed by atoms with Gasteiger partial charge in [-0.1, -0.05) is 24.3 Å². The van der Waals surface area contributed by atoms with E-state index in [0.717, 1.165) is 38.3 Å². The maximum atomic E-state index is 13.1. The SMILES string of the molecule is COc1cc(C)c(S(=O)(=O)N(C)CCC(=O)Cc2ccc(CN3CCN(C)CC3)cc2)c(C)c1. The second-order valence-electron chi connectivity index (χ2n) is 9.28. The van der Waals surface area contributed by atoms with Crippen molar-refractivity contribution in [2.75, 3.05) is 53.9 Å². The summed E-state index contributed by atoms with van der Waals surface area (Å²) in [5.41, 5.74) is 3.47. The Balaban J connectivity index is 1.53. The minimum Gasteiger partial charge on any atom is -0.497 e. The molecule has 3 rings (SSSR count). The summed E-state index contributed by atoms with van der Waals surface area (Å²) >= 11 is 0. The van der Waals surface area contributed by atoms with Crippen LogP contribution in [0.5, 0.6) is 5.75 Å². The van der Waals surface area contributed by atoms with Gasteiger partial charge in [0.05, 0.1) is 12.0 Å². The number of rotatable bonds is 10. The van der Waals surface area contributed by atoms with Gasteiger partial charge >= 0.3 is 0 Å². The van der Waals surface area contributed by atoms with Crippen LogP contribution in [0.25, 0.3) is 0 Å². The third-order valence-corrected chi connectivity index (χ3v) is 8.63. The van der Waals surface area contributed by atoms with Gasteiger partial charge in [0.25, 0.3) is 0 Å². The van der Waals surface area contributed by atoms with Crippen molar-refractivity contribution in [3.8, 4) is 5.75 Å². The minimum absolute atomic E-state index is 0.0250. The standard InChI is InChI=1S/C26H37N3O4S/c1-20-16-25(33-5)17-21(2)26(20)34(31,32)28(4)11-10-24(30)18-22-6-8-23(9-7-22)19-29-14-12-27(3)13-15-29/h6-9,16-17H,10-15,18-19H2,1-5H3. The molecule has 1 saturated heterocycles. The van der Waals surface area contributed by atoms with Crippen molar-refractivity contribution < 1.29 is 17.9 Å². The molecule has 8 heteroatoms. The van der Waals surface area contributed by atoms with Crippen LogP contribution < -0.4 is 4.74 Å². The highest BCUT2D eigenvalue weighted by molar-refractivity contribution is 7.89. The molecule has 0 N–H and O–H groups in total. The van der Waals surface area contributed by atoms with E-state index in [9.17, 15) is 13.2 Å². The van der Waals surface area contributed by atoms with E-state index >= 15 is 0 Å². The number of ketones is 1. The van der Waals surface area contributed by atoms with Crippen LogP contribution in [0.1, 0.15) is 28.7 Å². The number of nitrogens with zero attached hydrogens (tertiary/aromatic N) is 3. The van der Waals surface area contributed by atoms with Gasteiger partial charge in [-0.3, -0.25) is 9.69 Å². The Bertz CT molecular complexity index is 1070. The molecule has 1 aliphatic rings. The van der Waals surface area contributed by atoms with E-state index in [4.69, 9.17) is 4.74 Å². The van der Waals surface area contributed by atoms with E-state index in [-0.39, 0.29) is 23.6 Å². The van der Waals surface area contributed by atoms with Crippen molar-refractivity contribution >= 4 is 15.8 Å². The van der Waals surface area contributed by atoms with E-state index in [2.05, 4.69) is 29.0 Å². The van der Waals surface area contributed by atoms with Crippen molar-refractivity contribution in [1.82, 2.24) is 14.1 Å². The van der Waals surface area contributed by atoms with Gasteiger partial charge in [0, 0.05) is 59.2 Å². The number of aryl methyl sites for hydroxylation is 2. The second-order valence-corrected chi connectivity index (χ2v) is 11.3. The average Bonchev–Trinajstić information content (AvgIpc) is 2.79. The summed E-state index contributed by atoms with van der Waals surface area (Å²) in [4.78, 5) is 17.6. The Hall–Kier alpha value is -2.26. The van der Waals surface area contributed by atoms with Gasteiger partial charge in [-0.15, -0.1) is 0 Å². The molecule has 7 nitrogen and oxygen atoms in total. The maximum Gasteiger partial charge on any atom is 0.243 e. The molecule has 0 aliphatic carbocycles. The lowest BCUT2D eigenvalue weighted by molar-refractivity contribution is -0.118. The fourth-order valence-corrected chi connectivity index (χ4v) is 5.91. The summed E-state index contributed by atoms with van der Waals surface area (Å²) in [6.45, 7) is 8.92. The molecule has 0 radical (unpaired) electrons. The third kappa shape index (κ3) is 6.66. The molecule has 0 spiro atoms. The number of ether oxygens (including phenoxy) is 1. The van der Waals surface area contributed by atoms with Gasteiger partial charge in [0.1, 0.15) is 11.5 Å². The molecule has 1 fully saturated rings. The number of likely N-dealkylation sites (N-methyl/N-ethyl adjacent to an activating group) is 1. The number of carbonyl (C=O) groups excluding carboxylic acids is 1. The van der Waals surface area contributed by atoms with Crippen LogP contribution in [-0.4, -0.2) is 82.2 Å². The van der Waals surface area contributed by atoms with Crippen molar-refractivity contribution in [2.45, 2.75) is 38.1 Å². The van der Waals surface area contributed by atoms with E-state index in [1.807, 2.05) is 12.1 Å². The van der Waals surface area contributed by atoms with E-state index in [1.54, 1.807) is 33.1 Å². The lowest BCUT2D eigenvalue weighted by Gasteiger charge is -2.32. The van der Waals surface area contributed by atoms with Gasteiger partial charge in [-0.2, -0.15) is 0 Å². The quantitative estimate of drug-likeness (QED) is 0.513. The number of methoxy groups -OCH3 is 1. The Kier molecular flexibility index (Phi) is 8.87. The van der Waals surface area contributed by atoms with Gasteiger partial charge in [-0.05, 0) is 55.3 Å². The first-order chi connectivity index (χ1) is 16.1. The number of hydrogen-bond donors (Lipinski definition) is 0. The van der Waals surface area contributed by atoms with Crippen molar-refractivity contribution in [3.05, 3.63) is 58.7 Å². The minimum atomic E-state index is -3.70. The summed E-state index contributed by atoms with van der Waals surface area (Å²) in [6.07, 6.45) is 0.482. The summed E-state index contributed by atoms with van der Waals surface area (Å²) in [6, 6.07) is 11.6. The molecule has 186 valence electrons. The monoisotopic (exact) mass is 487 g/mol. The third-order valence-electron chi connectivity index (χ3n) is 6.47. The lowest BCUT2D eigenvalue weighted by Crippen LogP contribution is -2.43. The summed E-state index contributed by atoms with van der Waals surface area (Å²) in [5, 5.41) is 0. The Labute approximate surface area is 204 Å². The Morgan fingerprint density at radius 2 is 1.56 bits per heavy atom. The molecule has 2 aromatic rings. The summed E-state index contributed by atoms with van der Waals surface area (Å²) in [5.74, 6) is 0.651. The second kappa shape index (κ2) is 11.4. The number of piperazine rings is 1. The van der Waals surface area contributed by atoms with E-state index in [1.165, 1.54) is 16.9 Å². The molecule has 1 heterocycles. The maximum absolute atomic E-state index is 13.1. The molecular formula is C26H37N3O4S. The van der Waals surface area contributed by atoms with Gasteiger partial charge in [-0.25, -0.2) is 12.7 Å². The first-order valence-electron chi connectivity index (χ1n) is 11.7. The van der Waals surface area contributed by atoms with Gasteiger partial charge in [0.2, 0.25) is 10.0 Å². The molecule has 1 aliphatic heterocycles. The zero-order valence-electron chi connectivity index (χ0n) is 21.0. The normalized spacial score (nSPS) is 15.6. The van der Waals surface area contributed by atoms with Gasteiger partial charge in [0.15, 0.2) is 0 Å². The van der Waals surface area contributed by atoms with Crippen LogP contribution in [0.4, 0.5) is 0 Å². The number of sulfonamides is 1. The Morgan fingerprint density at radius 1 is 1.00 bits per heavy atom. The zero-order chi connectivity index (χ0) is 24.9. The number of hydrogen-bond acceptors (Lipinski definition) is 6. The molecule has 0 amide bonds. The fourth-order valence-electron chi connectivity index (χ4n) is 4.34. The number of carbonyl (C=O) groups is 1. The Morgan fingerprint density at radius 3 is 2.12 bits per heavy atom. The molecular weight excluding hydrogens is 450 g/mol. The molecule has 34 heavy (non-hydrogen) atoms. The number of Topliss-reactive ketones (excluding diaryl/α,β-unsaturated/α-hetero) is 1. The highest BCUT2D eigenvalue weighted by Crippen LogP contribution is 2.27. The topological polar surface area (TPSA) is 70.2 Å². The van der Waals surface area contributed by atoms with E-state index in [0.29, 0.717) is 23.3 Å². The molecule has 0 aromatic heterocycles. The van der Waals surface area contributed by atoms with E-state index < -0.39 is 10.0 Å². The first-order valence-corrected chi connectivity index (χ1v) is 13.2. The van der Waals surface area contributed by atoms with Crippen molar-refractivity contribution in [2.24, 2.45) is 0 Å². The zero-order valence-corrected chi connectivity index (χ0v) is 21.8.